The van der Waals surface area contributed by atoms with Crippen molar-refractivity contribution in [2.75, 3.05) is 39.6 Å². The van der Waals surface area contributed by atoms with E-state index in [0.29, 0.717) is 25.7 Å². The molecule has 0 heterocycles. The maximum absolute atomic E-state index is 13.1. The van der Waals surface area contributed by atoms with Gasteiger partial charge >= 0.3 is 39.5 Å². The average molecular weight is 1410 g/mol. The summed E-state index contributed by atoms with van der Waals surface area (Å²) in [6.07, 6.45) is 54.0. The third-order valence-electron chi connectivity index (χ3n) is 18.2. The minimum absolute atomic E-state index is 0.105. The lowest BCUT2D eigenvalue weighted by molar-refractivity contribution is -0.161. The van der Waals surface area contributed by atoms with Gasteiger partial charge in [0.2, 0.25) is 0 Å². The van der Waals surface area contributed by atoms with Gasteiger partial charge in [-0.3, -0.25) is 37.3 Å². The zero-order valence-electron chi connectivity index (χ0n) is 62.8. The van der Waals surface area contributed by atoms with Crippen LogP contribution in [0.2, 0.25) is 0 Å². The van der Waals surface area contributed by atoms with Crippen LogP contribution in [0.1, 0.15) is 395 Å². The third kappa shape index (κ3) is 69.2. The number of rotatable bonds is 75. The van der Waals surface area contributed by atoms with E-state index < -0.39 is 97.5 Å². The predicted molar refractivity (Wildman–Crippen MR) is 391 cm³/mol. The Morgan fingerprint density at radius 2 is 0.531 bits per heavy atom. The molecule has 96 heavy (non-hydrogen) atoms. The van der Waals surface area contributed by atoms with Gasteiger partial charge in [0.25, 0.3) is 0 Å². The van der Waals surface area contributed by atoms with E-state index in [2.05, 4.69) is 48.5 Å². The molecular formula is C77H150O17P2. The highest BCUT2D eigenvalue weighted by Crippen LogP contribution is 2.45. The summed E-state index contributed by atoms with van der Waals surface area (Å²) in [5, 5.41) is 10.6. The Hall–Kier alpha value is -1.94. The van der Waals surface area contributed by atoms with Crippen LogP contribution in [-0.2, 0) is 65.4 Å². The fourth-order valence-electron chi connectivity index (χ4n) is 11.7. The van der Waals surface area contributed by atoms with E-state index in [1.54, 1.807) is 0 Å². The van der Waals surface area contributed by atoms with Crippen LogP contribution in [0.25, 0.3) is 0 Å². The molecule has 0 aliphatic heterocycles. The smallest absolute Gasteiger partial charge is 0.462 e. The van der Waals surface area contributed by atoms with Crippen LogP contribution < -0.4 is 0 Å². The zero-order chi connectivity index (χ0) is 70.9. The normalized spacial score (nSPS) is 14.3. The van der Waals surface area contributed by atoms with Crippen LogP contribution >= 0.6 is 15.6 Å². The number of carbonyl (C=O) groups excluding carboxylic acids is 4. The summed E-state index contributed by atoms with van der Waals surface area (Å²) in [5.74, 6) is 0.184. The Labute approximate surface area is 588 Å². The molecule has 0 rings (SSSR count). The number of aliphatic hydroxyl groups is 1. The lowest BCUT2D eigenvalue weighted by Gasteiger charge is -2.21. The number of esters is 4. The molecule has 0 fully saturated rings. The van der Waals surface area contributed by atoms with Crippen LogP contribution in [-0.4, -0.2) is 96.7 Å². The molecule has 0 saturated heterocycles. The number of hydrogen-bond donors (Lipinski definition) is 3. The molecule has 0 saturated carbocycles. The first kappa shape index (κ1) is 94.1. The Morgan fingerprint density at radius 1 is 0.302 bits per heavy atom. The van der Waals surface area contributed by atoms with Crippen LogP contribution in [0.3, 0.4) is 0 Å². The van der Waals surface area contributed by atoms with Gasteiger partial charge in [0, 0.05) is 25.7 Å². The fourth-order valence-corrected chi connectivity index (χ4v) is 13.3. The molecule has 0 aliphatic rings. The lowest BCUT2D eigenvalue weighted by atomic mass is 9.99. The molecule has 17 nitrogen and oxygen atoms in total. The van der Waals surface area contributed by atoms with Gasteiger partial charge in [0.1, 0.15) is 19.3 Å². The van der Waals surface area contributed by atoms with Crippen LogP contribution in [0.15, 0.2) is 0 Å². The molecule has 570 valence electrons. The predicted octanol–water partition coefficient (Wildman–Crippen LogP) is 22.6. The van der Waals surface area contributed by atoms with Crippen molar-refractivity contribution in [2.24, 2.45) is 17.8 Å². The molecule has 0 aliphatic carbocycles. The topological polar surface area (TPSA) is 237 Å². The van der Waals surface area contributed by atoms with Gasteiger partial charge in [-0.25, -0.2) is 9.13 Å². The highest BCUT2D eigenvalue weighted by atomic mass is 31.2. The summed E-state index contributed by atoms with van der Waals surface area (Å²) in [5.41, 5.74) is 0. The van der Waals surface area contributed by atoms with E-state index in [9.17, 15) is 43.2 Å². The van der Waals surface area contributed by atoms with E-state index in [1.165, 1.54) is 205 Å². The van der Waals surface area contributed by atoms with Crippen molar-refractivity contribution < 1.29 is 80.2 Å². The first-order valence-electron chi connectivity index (χ1n) is 39.9. The van der Waals surface area contributed by atoms with Gasteiger partial charge < -0.3 is 33.8 Å². The van der Waals surface area contributed by atoms with E-state index in [1.807, 2.05) is 0 Å². The van der Waals surface area contributed by atoms with Crippen molar-refractivity contribution in [1.29, 1.82) is 0 Å². The SMILES string of the molecule is CCCCCCCCCCCCCCCCCCC(=O)OC[C@H](COP(=O)(O)OC[C@@H](O)COP(=O)(O)OC[C@@H](COC(=O)CCCCCCCCCCC(C)CC)OC(=O)CCCCCCCCCCCC(C)C)OC(=O)CCCCCCCCCCCCCCCC(C)C. The minimum atomic E-state index is -4.96. The molecule has 19 heteroatoms. The number of ether oxygens (including phenoxy) is 4. The highest BCUT2D eigenvalue weighted by molar-refractivity contribution is 7.47. The van der Waals surface area contributed by atoms with Crippen LogP contribution in [0.5, 0.6) is 0 Å². The van der Waals surface area contributed by atoms with Gasteiger partial charge in [-0.05, 0) is 43.4 Å². The molecule has 0 aromatic carbocycles. The van der Waals surface area contributed by atoms with Crippen molar-refractivity contribution in [3.05, 3.63) is 0 Å². The van der Waals surface area contributed by atoms with Crippen LogP contribution in [0.4, 0.5) is 0 Å². The van der Waals surface area contributed by atoms with Gasteiger partial charge in [-0.1, -0.05) is 344 Å². The standard InChI is InChI=1S/C77H150O17P2/c1-8-10-11-12-13-14-15-16-17-18-21-24-29-37-44-51-58-74(79)87-64-72(93-76(81)60-53-46-39-30-25-22-19-20-23-27-34-41-48-55-68(3)4)66-91-95(83,84)89-62-71(78)63-90-96(85,86)92-67-73(94-77(82)61-54-47-40-31-26-28-35-42-49-56-69(5)6)65-88-75(80)59-52-45-38-33-32-36-43-50-57-70(7)9-2/h68-73,78H,8-67H2,1-7H3,(H,83,84)(H,85,86)/t70?,71-,72-,73-/m1/s1. The summed E-state index contributed by atoms with van der Waals surface area (Å²) in [7, 11) is -9.92. The molecule has 0 bridgehead atoms. The summed E-state index contributed by atoms with van der Waals surface area (Å²) in [6.45, 7) is 11.9. The molecule has 0 aromatic rings. The summed E-state index contributed by atoms with van der Waals surface area (Å²) in [4.78, 5) is 72.9. The molecule has 0 aromatic heterocycles. The molecule has 0 radical (unpaired) electrons. The summed E-state index contributed by atoms with van der Waals surface area (Å²) < 4.78 is 68.6. The van der Waals surface area contributed by atoms with Crippen molar-refractivity contribution in [3.8, 4) is 0 Å². The number of aliphatic hydroxyl groups excluding tert-OH is 1. The van der Waals surface area contributed by atoms with Crippen molar-refractivity contribution in [2.45, 2.75) is 414 Å². The Morgan fingerprint density at radius 3 is 0.792 bits per heavy atom. The quantitative estimate of drug-likeness (QED) is 0.0222. The zero-order valence-corrected chi connectivity index (χ0v) is 64.6. The molecule has 0 spiro atoms. The number of phosphoric ester groups is 2. The second kappa shape index (κ2) is 67.5. The third-order valence-corrected chi connectivity index (χ3v) is 20.1. The second-order valence-corrected chi connectivity index (χ2v) is 31.8. The number of unbranched alkanes of at least 4 members (excludes halogenated alkanes) is 42. The lowest BCUT2D eigenvalue weighted by Crippen LogP contribution is -2.30. The van der Waals surface area contributed by atoms with E-state index >= 15 is 0 Å². The van der Waals surface area contributed by atoms with Gasteiger partial charge in [-0.15, -0.1) is 0 Å². The van der Waals surface area contributed by atoms with E-state index in [-0.39, 0.29) is 25.7 Å². The maximum Gasteiger partial charge on any atom is 0.472 e. The molecule has 6 atom stereocenters. The number of carbonyl (C=O) groups is 4. The van der Waals surface area contributed by atoms with Gasteiger partial charge in [0.05, 0.1) is 26.4 Å². The second-order valence-electron chi connectivity index (χ2n) is 28.9. The summed E-state index contributed by atoms with van der Waals surface area (Å²) >= 11 is 0. The summed E-state index contributed by atoms with van der Waals surface area (Å²) in [6, 6.07) is 0. The fraction of sp³-hybridized carbons (Fsp3) is 0.948. The molecule has 3 unspecified atom stereocenters. The van der Waals surface area contributed by atoms with Crippen molar-refractivity contribution in [1.82, 2.24) is 0 Å². The monoisotopic (exact) mass is 1410 g/mol. The Kier molecular flexibility index (Phi) is 66.2. The van der Waals surface area contributed by atoms with Crippen molar-refractivity contribution in [3.63, 3.8) is 0 Å². The van der Waals surface area contributed by atoms with Gasteiger partial charge in [-0.2, -0.15) is 0 Å². The van der Waals surface area contributed by atoms with E-state index in [0.717, 1.165) is 108 Å². The molecule has 3 N–H and O–H groups in total. The van der Waals surface area contributed by atoms with Gasteiger partial charge in [0.15, 0.2) is 12.2 Å². The molecular weight excluding hydrogens is 1260 g/mol. The maximum atomic E-state index is 13.1. The van der Waals surface area contributed by atoms with Crippen LogP contribution in [0, 0.1) is 17.8 Å². The molecule has 0 amide bonds. The number of phosphoric acid groups is 2. The Balaban J connectivity index is 5.26. The number of hydrogen-bond acceptors (Lipinski definition) is 15. The van der Waals surface area contributed by atoms with E-state index in [4.69, 9.17) is 37.0 Å². The Bertz CT molecular complexity index is 1870. The average Bonchev–Trinajstić information content (AvgIpc) is 1.77. The minimum Gasteiger partial charge on any atom is -0.462 e. The first-order valence-corrected chi connectivity index (χ1v) is 42.9. The first-order chi connectivity index (χ1) is 46.3. The largest absolute Gasteiger partial charge is 0.472 e. The highest BCUT2D eigenvalue weighted by Gasteiger charge is 2.30. The van der Waals surface area contributed by atoms with Crippen molar-refractivity contribution >= 4 is 39.5 Å².